The van der Waals surface area contributed by atoms with Crippen LogP contribution in [-0.2, 0) is 0 Å². The third-order valence-corrected chi connectivity index (χ3v) is 4.42. The molecular formula is C21H42O. The lowest BCUT2D eigenvalue weighted by Gasteiger charge is -2.01. The van der Waals surface area contributed by atoms with Crippen LogP contribution in [-0.4, -0.2) is 11.7 Å². The molecule has 0 aromatic carbocycles. The van der Waals surface area contributed by atoms with Crippen molar-refractivity contribution in [3.05, 3.63) is 12.2 Å². The van der Waals surface area contributed by atoms with E-state index in [4.69, 9.17) is 5.11 Å². The first kappa shape index (κ1) is 21.7. The van der Waals surface area contributed by atoms with Crippen molar-refractivity contribution in [2.75, 3.05) is 6.61 Å². The zero-order chi connectivity index (χ0) is 16.1. The van der Waals surface area contributed by atoms with Crippen molar-refractivity contribution in [2.45, 2.75) is 116 Å². The molecule has 1 heteroatoms. The Labute approximate surface area is 140 Å². The van der Waals surface area contributed by atoms with Crippen LogP contribution in [0.4, 0.5) is 0 Å². The summed E-state index contributed by atoms with van der Waals surface area (Å²) in [6, 6.07) is 0. The quantitative estimate of drug-likeness (QED) is 0.210. The van der Waals surface area contributed by atoms with E-state index in [-0.39, 0.29) is 0 Å². The van der Waals surface area contributed by atoms with Crippen LogP contribution in [0.5, 0.6) is 0 Å². The van der Waals surface area contributed by atoms with Crippen LogP contribution < -0.4 is 0 Å². The fraction of sp³-hybridized carbons (Fsp3) is 0.905. The summed E-state index contributed by atoms with van der Waals surface area (Å²) in [7, 11) is 0. The number of aliphatic hydroxyl groups is 1. The van der Waals surface area contributed by atoms with E-state index in [1.165, 1.54) is 103 Å². The van der Waals surface area contributed by atoms with Gasteiger partial charge in [-0.2, -0.15) is 0 Å². The van der Waals surface area contributed by atoms with Gasteiger partial charge in [0.15, 0.2) is 0 Å². The Kier molecular flexibility index (Phi) is 20.4. The molecule has 0 fully saturated rings. The summed E-state index contributed by atoms with van der Waals surface area (Å²) in [6.45, 7) is 2.65. The maximum absolute atomic E-state index is 8.69. The van der Waals surface area contributed by atoms with Gasteiger partial charge in [0, 0.05) is 6.61 Å². The number of aliphatic hydroxyl groups excluding tert-OH is 1. The minimum absolute atomic E-state index is 0.360. The van der Waals surface area contributed by atoms with E-state index in [0.717, 1.165) is 6.42 Å². The Morgan fingerprint density at radius 3 is 1.27 bits per heavy atom. The molecule has 0 bridgehead atoms. The van der Waals surface area contributed by atoms with Crippen molar-refractivity contribution in [1.29, 1.82) is 0 Å². The maximum Gasteiger partial charge on any atom is 0.0431 e. The lowest BCUT2D eigenvalue weighted by atomic mass is 10.1. The van der Waals surface area contributed by atoms with Gasteiger partial charge in [-0.05, 0) is 32.1 Å². The molecule has 0 saturated heterocycles. The summed E-state index contributed by atoms with van der Waals surface area (Å²) in [4.78, 5) is 0. The van der Waals surface area contributed by atoms with Gasteiger partial charge in [0.1, 0.15) is 0 Å². The third-order valence-electron chi connectivity index (χ3n) is 4.42. The van der Waals surface area contributed by atoms with Crippen LogP contribution in [0.3, 0.4) is 0 Å². The molecule has 0 rings (SSSR count). The number of unbranched alkanes of at least 4 members (excludes halogenated alkanes) is 15. The average molecular weight is 311 g/mol. The first-order valence-electron chi connectivity index (χ1n) is 10.2. The molecule has 0 saturated carbocycles. The highest BCUT2D eigenvalue weighted by atomic mass is 16.2. The summed E-state index contributed by atoms with van der Waals surface area (Å²) < 4.78 is 0. The van der Waals surface area contributed by atoms with E-state index in [2.05, 4.69) is 19.1 Å². The second-order valence-corrected chi connectivity index (χ2v) is 6.72. The van der Waals surface area contributed by atoms with Gasteiger partial charge < -0.3 is 5.11 Å². The molecule has 0 aliphatic heterocycles. The Morgan fingerprint density at radius 2 is 0.864 bits per heavy atom. The third kappa shape index (κ3) is 19.7. The second kappa shape index (κ2) is 20.7. The molecule has 0 heterocycles. The Morgan fingerprint density at radius 1 is 0.500 bits per heavy atom. The van der Waals surface area contributed by atoms with Gasteiger partial charge in [0.2, 0.25) is 0 Å². The van der Waals surface area contributed by atoms with E-state index >= 15 is 0 Å². The van der Waals surface area contributed by atoms with Gasteiger partial charge in [-0.15, -0.1) is 0 Å². The maximum atomic E-state index is 8.69. The van der Waals surface area contributed by atoms with Crippen LogP contribution in [0, 0.1) is 0 Å². The first-order valence-corrected chi connectivity index (χ1v) is 10.2. The van der Waals surface area contributed by atoms with Crippen molar-refractivity contribution in [2.24, 2.45) is 0 Å². The van der Waals surface area contributed by atoms with Crippen molar-refractivity contribution in [3.8, 4) is 0 Å². The Hall–Kier alpha value is -0.300. The van der Waals surface area contributed by atoms with Gasteiger partial charge in [0.25, 0.3) is 0 Å². The van der Waals surface area contributed by atoms with E-state index in [0.29, 0.717) is 6.61 Å². The summed E-state index contributed by atoms with van der Waals surface area (Å²) in [6.07, 6.45) is 27.7. The van der Waals surface area contributed by atoms with Crippen molar-refractivity contribution < 1.29 is 5.11 Å². The number of hydrogen-bond donors (Lipinski definition) is 1. The molecule has 0 spiro atoms. The number of hydrogen-bond acceptors (Lipinski definition) is 1. The fourth-order valence-electron chi connectivity index (χ4n) is 2.89. The van der Waals surface area contributed by atoms with E-state index in [9.17, 15) is 0 Å². The molecule has 1 nitrogen and oxygen atoms in total. The molecule has 0 radical (unpaired) electrons. The average Bonchev–Trinajstić information content (AvgIpc) is 2.54. The predicted octanol–water partition coefficient (Wildman–Crippen LogP) is 7.19. The van der Waals surface area contributed by atoms with Gasteiger partial charge in [-0.3, -0.25) is 0 Å². The van der Waals surface area contributed by atoms with Crippen LogP contribution >= 0.6 is 0 Å². The molecule has 0 aliphatic rings. The van der Waals surface area contributed by atoms with Crippen LogP contribution in [0.15, 0.2) is 12.2 Å². The molecule has 0 atom stereocenters. The fourth-order valence-corrected chi connectivity index (χ4v) is 2.89. The lowest BCUT2D eigenvalue weighted by Crippen LogP contribution is -1.83. The molecule has 1 N–H and O–H groups in total. The van der Waals surface area contributed by atoms with Gasteiger partial charge in [-0.1, -0.05) is 96.1 Å². The van der Waals surface area contributed by atoms with Crippen molar-refractivity contribution in [3.63, 3.8) is 0 Å². The second-order valence-electron chi connectivity index (χ2n) is 6.72. The number of allylic oxidation sites excluding steroid dienone is 2. The molecule has 0 unspecified atom stereocenters. The largest absolute Gasteiger partial charge is 0.396 e. The Balaban J connectivity index is 3.02. The molecule has 0 aromatic heterocycles. The highest BCUT2D eigenvalue weighted by Crippen LogP contribution is 2.11. The van der Waals surface area contributed by atoms with Crippen LogP contribution in [0.1, 0.15) is 116 Å². The minimum atomic E-state index is 0.360. The molecule has 132 valence electrons. The molecule has 0 amide bonds. The normalized spacial score (nSPS) is 11.5. The van der Waals surface area contributed by atoms with E-state index in [1.54, 1.807) is 0 Å². The predicted molar refractivity (Wildman–Crippen MR) is 100 cm³/mol. The minimum Gasteiger partial charge on any atom is -0.396 e. The smallest absolute Gasteiger partial charge is 0.0431 e. The highest BCUT2D eigenvalue weighted by molar-refractivity contribution is 4.81. The molecule has 22 heavy (non-hydrogen) atoms. The summed E-state index contributed by atoms with van der Waals surface area (Å²) in [5, 5.41) is 8.69. The monoisotopic (exact) mass is 310 g/mol. The standard InChI is InChI=1S/C21H42O/c1-2-3-4-5-6-7-8-9-10-11-12-13-14-15-16-17-18-19-20-21-22/h13-14,22H,2-12,15-21H2,1H3. The van der Waals surface area contributed by atoms with Gasteiger partial charge in [0.05, 0.1) is 0 Å². The van der Waals surface area contributed by atoms with Crippen LogP contribution in [0.25, 0.3) is 0 Å². The van der Waals surface area contributed by atoms with Gasteiger partial charge in [-0.25, -0.2) is 0 Å². The van der Waals surface area contributed by atoms with Crippen LogP contribution in [0.2, 0.25) is 0 Å². The first-order chi connectivity index (χ1) is 10.9. The topological polar surface area (TPSA) is 20.2 Å². The lowest BCUT2D eigenvalue weighted by molar-refractivity contribution is 0.282. The van der Waals surface area contributed by atoms with Crippen molar-refractivity contribution >= 4 is 0 Å². The van der Waals surface area contributed by atoms with E-state index in [1.807, 2.05) is 0 Å². The van der Waals surface area contributed by atoms with Crippen molar-refractivity contribution in [1.82, 2.24) is 0 Å². The molecular weight excluding hydrogens is 268 g/mol. The summed E-state index contributed by atoms with van der Waals surface area (Å²) in [5.74, 6) is 0. The zero-order valence-electron chi connectivity index (χ0n) is 15.3. The molecule has 0 aromatic rings. The SMILES string of the molecule is CCCCCCCCCCCCC=CCCCCCCCO. The van der Waals surface area contributed by atoms with E-state index < -0.39 is 0 Å². The number of rotatable bonds is 18. The highest BCUT2D eigenvalue weighted by Gasteiger charge is 1.92. The van der Waals surface area contributed by atoms with Gasteiger partial charge >= 0.3 is 0 Å². The summed E-state index contributed by atoms with van der Waals surface area (Å²) in [5.41, 5.74) is 0. The Bertz CT molecular complexity index is 210. The zero-order valence-corrected chi connectivity index (χ0v) is 15.3. The summed E-state index contributed by atoms with van der Waals surface area (Å²) >= 11 is 0. The molecule has 0 aliphatic carbocycles.